The monoisotopic (exact) mass is 291 g/mol. The normalized spacial score (nSPS) is 13.9. The number of benzene rings is 1. The zero-order valence-corrected chi connectivity index (χ0v) is 14.3. The Kier molecular flexibility index (Phi) is 9.16. The van der Waals surface area contributed by atoms with Gasteiger partial charge in [-0.3, -0.25) is 0 Å². The molecule has 1 rings (SSSR count). The van der Waals surface area contributed by atoms with Gasteiger partial charge < -0.3 is 10.1 Å². The number of hydrogen-bond donors (Lipinski definition) is 1. The summed E-state index contributed by atoms with van der Waals surface area (Å²) in [5.41, 5.74) is 1.30. The molecule has 1 aromatic rings. The zero-order chi connectivity index (χ0) is 15.5. The van der Waals surface area contributed by atoms with E-state index in [1.807, 2.05) is 0 Å². The van der Waals surface area contributed by atoms with Gasteiger partial charge in [0.2, 0.25) is 0 Å². The van der Waals surface area contributed by atoms with E-state index < -0.39 is 0 Å². The van der Waals surface area contributed by atoms with E-state index in [9.17, 15) is 0 Å². The van der Waals surface area contributed by atoms with Crippen LogP contribution in [0.15, 0.2) is 24.3 Å². The van der Waals surface area contributed by atoms with E-state index in [1.54, 1.807) is 0 Å². The lowest BCUT2D eigenvalue weighted by molar-refractivity contribution is 0.229. The van der Waals surface area contributed by atoms with Gasteiger partial charge in [0.25, 0.3) is 0 Å². The fourth-order valence-electron chi connectivity index (χ4n) is 2.73. The number of nitrogens with one attached hydrogen (secondary N) is 1. The quantitative estimate of drug-likeness (QED) is 0.594. The third-order valence-electron chi connectivity index (χ3n) is 4.17. The maximum Gasteiger partial charge on any atom is 0.124 e. The fraction of sp³-hybridized carbons (Fsp3) is 0.684. The van der Waals surface area contributed by atoms with Crippen molar-refractivity contribution >= 4 is 0 Å². The summed E-state index contributed by atoms with van der Waals surface area (Å²) in [6.07, 6.45) is 6.14. The molecule has 2 heteroatoms. The third-order valence-corrected chi connectivity index (χ3v) is 4.17. The van der Waals surface area contributed by atoms with Crippen molar-refractivity contribution in [3.8, 4) is 5.75 Å². The standard InChI is InChI=1S/C19H33NO/c1-5-9-12-16(6-2)15-21-19-14-11-10-13-17(19)18(7-3)20-8-4/h10-11,13-14,16,18,20H,5-9,12,15H2,1-4H3. The van der Waals surface area contributed by atoms with E-state index in [0.717, 1.165) is 25.3 Å². The molecule has 120 valence electrons. The highest BCUT2D eigenvalue weighted by atomic mass is 16.5. The Morgan fingerprint density at radius 1 is 1.05 bits per heavy atom. The summed E-state index contributed by atoms with van der Waals surface area (Å²) in [5.74, 6) is 1.73. The van der Waals surface area contributed by atoms with E-state index in [1.165, 1.54) is 31.2 Å². The molecule has 0 spiro atoms. The first-order chi connectivity index (χ1) is 10.3. The van der Waals surface area contributed by atoms with Crippen LogP contribution in [0.25, 0.3) is 0 Å². The van der Waals surface area contributed by atoms with E-state index in [0.29, 0.717) is 12.0 Å². The van der Waals surface area contributed by atoms with Crippen LogP contribution in [-0.4, -0.2) is 13.2 Å². The molecule has 0 saturated heterocycles. The second kappa shape index (κ2) is 10.7. The Morgan fingerprint density at radius 3 is 2.43 bits per heavy atom. The van der Waals surface area contributed by atoms with Crippen LogP contribution in [0.4, 0.5) is 0 Å². The Morgan fingerprint density at radius 2 is 1.81 bits per heavy atom. The summed E-state index contributed by atoms with van der Waals surface area (Å²) in [6.45, 7) is 10.7. The number of unbranched alkanes of at least 4 members (excludes halogenated alkanes) is 1. The SMILES string of the molecule is CCCCC(CC)COc1ccccc1C(CC)NCC. The first-order valence-corrected chi connectivity index (χ1v) is 8.71. The second-order valence-corrected chi connectivity index (χ2v) is 5.78. The van der Waals surface area contributed by atoms with Crippen molar-refractivity contribution in [1.82, 2.24) is 5.32 Å². The molecule has 2 unspecified atom stereocenters. The minimum atomic E-state index is 0.391. The average molecular weight is 291 g/mol. The second-order valence-electron chi connectivity index (χ2n) is 5.78. The van der Waals surface area contributed by atoms with Crippen LogP contribution in [0.1, 0.15) is 71.4 Å². The van der Waals surface area contributed by atoms with Gasteiger partial charge in [0.1, 0.15) is 5.75 Å². The molecule has 0 aromatic heterocycles. The average Bonchev–Trinajstić information content (AvgIpc) is 2.53. The molecular weight excluding hydrogens is 258 g/mol. The maximum atomic E-state index is 6.18. The molecule has 0 fully saturated rings. The van der Waals surface area contributed by atoms with Gasteiger partial charge in [0.05, 0.1) is 6.61 Å². The minimum absolute atomic E-state index is 0.391. The summed E-state index contributed by atoms with van der Waals surface area (Å²) >= 11 is 0. The molecule has 2 atom stereocenters. The van der Waals surface area contributed by atoms with Crippen LogP contribution in [0, 0.1) is 5.92 Å². The van der Waals surface area contributed by atoms with Crippen molar-refractivity contribution in [2.24, 2.45) is 5.92 Å². The molecule has 0 heterocycles. The van der Waals surface area contributed by atoms with Crippen molar-refractivity contribution in [1.29, 1.82) is 0 Å². The van der Waals surface area contributed by atoms with Crippen molar-refractivity contribution in [2.75, 3.05) is 13.2 Å². The van der Waals surface area contributed by atoms with Crippen LogP contribution >= 0.6 is 0 Å². The largest absolute Gasteiger partial charge is 0.493 e. The predicted molar refractivity (Wildman–Crippen MR) is 92.0 cm³/mol. The van der Waals surface area contributed by atoms with Crippen LogP contribution in [0.5, 0.6) is 5.75 Å². The first kappa shape index (κ1) is 18.0. The number of rotatable bonds is 11. The summed E-state index contributed by atoms with van der Waals surface area (Å²) in [7, 11) is 0. The van der Waals surface area contributed by atoms with Gasteiger partial charge in [-0.05, 0) is 31.4 Å². The van der Waals surface area contributed by atoms with E-state index >= 15 is 0 Å². The van der Waals surface area contributed by atoms with Gasteiger partial charge in [0, 0.05) is 11.6 Å². The molecule has 0 bridgehead atoms. The van der Waals surface area contributed by atoms with Crippen molar-refractivity contribution < 1.29 is 4.74 Å². The van der Waals surface area contributed by atoms with E-state index in [4.69, 9.17) is 4.74 Å². The van der Waals surface area contributed by atoms with Gasteiger partial charge in [-0.15, -0.1) is 0 Å². The lowest BCUT2D eigenvalue weighted by Gasteiger charge is -2.22. The summed E-state index contributed by atoms with van der Waals surface area (Å²) < 4.78 is 6.18. The first-order valence-electron chi connectivity index (χ1n) is 8.71. The summed E-state index contributed by atoms with van der Waals surface area (Å²) in [5, 5.41) is 3.54. The van der Waals surface area contributed by atoms with Crippen LogP contribution in [-0.2, 0) is 0 Å². The molecular formula is C19H33NO. The molecule has 0 radical (unpaired) electrons. The van der Waals surface area contributed by atoms with Gasteiger partial charge in [0.15, 0.2) is 0 Å². The van der Waals surface area contributed by atoms with Crippen molar-refractivity contribution in [3.05, 3.63) is 29.8 Å². The number of para-hydroxylation sites is 1. The highest BCUT2D eigenvalue weighted by molar-refractivity contribution is 5.35. The predicted octanol–water partition coefficient (Wildman–Crippen LogP) is 5.34. The lowest BCUT2D eigenvalue weighted by atomic mass is 10.00. The highest BCUT2D eigenvalue weighted by Gasteiger charge is 2.14. The Bertz CT molecular complexity index is 378. The summed E-state index contributed by atoms with van der Waals surface area (Å²) in [4.78, 5) is 0. The van der Waals surface area contributed by atoms with E-state index in [-0.39, 0.29) is 0 Å². The molecule has 1 aromatic carbocycles. The zero-order valence-electron chi connectivity index (χ0n) is 14.3. The molecule has 0 saturated carbocycles. The third kappa shape index (κ3) is 6.09. The minimum Gasteiger partial charge on any atom is -0.493 e. The Labute approximate surface area is 131 Å². The maximum absolute atomic E-state index is 6.18. The van der Waals surface area contributed by atoms with E-state index in [2.05, 4.69) is 57.3 Å². The molecule has 0 aliphatic rings. The fourth-order valence-corrected chi connectivity index (χ4v) is 2.73. The summed E-state index contributed by atoms with van der Waals surface area (Å²) in [6, 6.07) is 8.88. The van der Waals surface area contributed by atoms with Crippen LogP contribution in [0.3, 0.4) is 0 Å². The Balaban J connectivity index is 2.69. The van der Waals surface area contributed by atoms with Crippen molar-refractivity contribution in [2.45, 2.75) is 65.8 Å². The topological polar surface area (TPSA) is 21.3 Å². The smallest absolute Gasteiger partial charge is 0.124 e. The van der Waals surface area contributed by atoms with Gasteiger partial charge >= 0.3 is 0 Å². The van der Waals surface area contributed by atoms with Gasteiger partial charge in [-0.25, -0.2) is 0 Å². The molecule has 0 amide bonds. The van der Waals surface area contributed by atoms with Crippen molar-refractivity contribution in [3.63, 3.8) is 0 Å². The molecule has 1 N–H and O–H groups in total. The lowest BCUT2D eigenvalue weighted by Crippen LogP contribution is -2.21. The van der Waals surface area contributed by atoms with Gasteiger partial charge in [-0.1, -0.05) is 65.2 Å². The van der Waals surface area contributed by atoms with Crippen LogP contribution < -0.4 is 10.1 Å². The Hall–Kier alpha value is -1.02. The molecule has 0 aliphatic carbocycles. The molecule has 21 heavy (non-hydrogen) atoms. The van der Waals surface area contributed by atoms with Crippen LogP contribution in [0.2, 0.25) is 0 Å². The van der Waals surface area contributed by atoms with Gasteiger partial charge in [-0.2, -0.15) is 0 Å². The molecule has 2 nitrogen and oxygen atoms in total. The number of hydrogen-bond acceptors (Lipinski definition) is 2. The number of ether oxygens (including phenoxy) is 1. The molecule has 0 aliphatic heterocycles. The highest BCUT2D eigenvalue weighted by Crippen LogP contribution is 2.28.